The summed E-state index contributed by atoms with van der Waals surface area (Å²) >= 11 is 6.09. The predicted octanol–water partition coefficient (Wildman–Crippen LogP) is 0.678. The molecular weight excluding hydrogens is 306 g/mol. The molecule has 22 heavy (non-hydrogen) atoms. The monoisotopic (exact) mass is 323 g/mol. The lowest BCUT2D eigenvalue weighted by atomic mass is 10.1. The van der Waals surface area contributed by atoms with Crippen molar-refractivity contribution in [2.24, 2.45) is 11.7 Å². The first kappa shape index (κ1) is 15.0. The van der Waals surface area contributed by atoms with E-state index in [0.717, 1.165) is 25.9 Å². The standard InChI is InChI=1S/C14H18ClN5O2/c15-10-7-17-14(19-4-1-2-5-19)18-11(10)13(22)20-6-3-9(8-20)12(16)21/h7,9H,1-6,8H2,(H2,16,21)/t9-/m1/s1. The van der Waals surface area contributed by atoms with Crippen molar-refractivity contribution in [2.45, 2.75) is 19.3 Å². The van der Waals surface area contributed by atoms with Gasteiger partial charge in [0.15, 0.2) is 5.69 Å². The highest BCUT2D eigenvalue weighted by Gasteiger charge is 2.32. The first-order valence-corrected chi connectivity index (χ1v) is 7.80. The van der Waals surface area contributed by atoms with E-state index in [1.165, 1.54) is 6.20 Å². The van der Waals surface area contributed by atoms with Gasteiger partial charge < -0.3 is 15.5 Å². The zero-order valence-electron chi connectivity index (χ0n) is 12.2. The maximum Gasteiger partial charge on any atom is 0.274 e. The van der Waals surface area contributed by atoms with Crippen molar-refractivity contribution in [2.75, 3.05) is 31.1 Å². The number of anilines is 1. The number of amides is 2. The highest BCUT2D eigenvalue weighted by Crippen LogP contribution is 2.23. The van der Waals surface area contributed by atoms with E-state index in [0.29, 0.717) is 25.5 Å². The summed E-state index contributed by atoms with van der Waals surface area (Å²) < 4.78 is 0. The third-order valence-electron chi connectivity index (χ3n) is 4.20. The summed E-state index contributed by atoms with van der Waals surface area (Å²) in [6.45, 7) is 2.60. The number of aromatic nitrogens is 2. The fourth-order valence-electron chi connectivity index (χ4n) is 2.90. The molecule has 2 N–H and O–H groups in total. The minimum absolute atomic E-state index is 0.198. The van der Waals surface area contributed by atoms with Gasteiger partial charge in [0.1, 0.15) is 0 Å². The molecule has 2 aliphatic rings. The van der Waals surface area contributed by atoms with Gasteiger partial charge in [0.2, 0.25) is 11.9 Å². The molecule has 2 aliphatic heterocycles. The fraction of sp³-hybridized carbons (Fsp3) is 0.571. The van der Waals surface area contributed by atoms with Crippen LogP contribution in [0.2, 0.25) is 5.02 Å². The zero-order valence-corrected chi connectivity index (χ0v) is 12.9. The number of carbonyl (C=O) groups excluding carboxylic acids is 2. The third kappa shape index (κ3) is 2.85. The van der Waals surface area contributed by atoms with Crippen molar-refractivity contribution < 1.29 is 9.59 Å². The summed E-state index contributed by atoms with van der Waals surface area (Å²) in [7, 11) is 0. The summed E-state index contributed by atoms with van der Waals surface area (Å²) in [5, 5.41) is 0.232. The van der Waals surface area contributed by atoms with E-state index in [9.17, 15) is 9.59 Å². The maximum atomic E-state index is 12.6. The van der Waals surface area contributed by atoms with Crippen LogP contribution < -0.4 is 10.6 Å². The van der Waals surface area contributed by atoms with E-state index >= 15 is 0 Å². The first-order valence-electron chi connectivity index (χ1n) is 7.42. The summed E-state index contributed by atoms with van der Waals surface area (Å²) in [4.78, 5) is 36.0. The molecule has 2 amide bonds. The van der Waals surface area contributed by atoms with E-state index in [4.69, 9.17) is 17.3 Å². The largest absolute Gasteiger partial charge is 0.369 e. The molecule has 7 nitrogen and oxygen atoms in total. The Bertz CT molecular complexity index is 603. The average Bonchev–Trinajstić information content (AvgIpc) is 3.18. The number of rotatable bonds is 3. The predicted molar refractivity (Wildman–Crippen MR) is 81.7 cm³/mol. The van der Waals surface area contributed by atoms with Crippen molar-refractivity contribution in [1.29, 1.82) is 0 Å². The van der Waals surface area contributed by atoms with E-state index in [1.807, 2.05) is 4.90 Å². The van der Waals surface area contributed by atoms with Gasteiger partial charge in [-0.1, -0.05) is 11.6 Å². The molecule has 1 atom stereocenters. The highest BCUT2D eigenvalue weighted by atomic mass is 35.5. The molecule has 0 radical (unpaired) electrons. The van der Waals surface area contributed by atoms with Crippen LogP contribution in [0.4, 0.5) is 5.95 Å². The number of nitrogens with zero attached hydrogens (tertiary/aromatic N) is 4. The van der Waals surface area contributed by atoms with Crippen LogP contribution in [0, 0.1) is 5.92 Å². The first-order chi connectivity index (χ1) is 10.6. The summed E-state index contributed by atoms with van der Waals surface area (Å²) in [6, 6.07) is 0. The molecule has 2 fully saturated rings. The minimum atomic E-state index is -0.373. The van der Waals surface area contributed by atoms with Crippen molar-refractivity contribution in [3.05, 3.63) is 16.9 Å². The Kier molecular flexibility index (Phi) is 4.15. The molecule has 1 aromatic heterocycles. The normalized spacial score (nSPS) is 21.4. The van der Waals surface area contributed by atoms with Gasteiger partial charge in [0.05, 0.1) is 17.1 Å². The maximum absolute atomic E-state index is 12.6. The van der Waals surface area contributed by atoms with Crippen LogP contribution in [0.15, 0.2) is 6.20 Å². The summed E-state index contributed by atoms with van der Waals surface area (Å²) in [5.41, 5.74) is 5.50. The number of likely N-dealkylation sites (tertiary alicyclic amines) is 1. The number of primary amides is 1. The van der Waals surface area contributed by atoms with Gasteiger partial charge in [0.25, 0.3) is 5.91 Å². The Morgan fingerprint density at radius 1 is 1.27 bits per heavy atom. The molecule has 0 unspecified atom stereocenters. The molecule has 2 saturated heterocycles. The molecular formula is C14H18ClN5O2. The van der Waals surface area contributed by atoms with Crippen molar-refractivity contribution in [1.82, 2.24) is 14.9 Å². The van der Waals surface area contributed by atoms with Gasteiger partial charge in [-0.05, 0) is 19.3 Å². The zero-order chi connectivity index (χ0) is 15.7. The van der Waals surface area contributed by atoms with E-state index < -0.39 is 0 Å². The van der Waals surface area contributed by atoms with Crippen LogP contribution in [-0.2, 0) is 4.79 Å². The van der Waals surface area contributed by atoms with E-state index in [-0.39, 0.29) is 28.4 Å². The molecule has 0 bridgehead atoms. The Balaban J connectivity index is 1.80. The lowest BCUT2D eigenvalue weighted by molar-refractivity contribution is -0.121. The summed E-state index contributed by atoms with van der Waals surface area (Å²) in [6.07, 6.45) is 4.25. The lowest BCUT2D eigenvalue weighted by Crippen LogP contribution is -2.33. The Morgan fingerprint density at radius 3 is 2.64 bits per heavy atom. The van der Waals surface area contributed by atoms with Crippen LogP contribution in [0.25, 0.3) is 0 Å². The number of halogens is 1. The van der Waals surface area contributed by atoms with E-state index in [1.54, 1.807) is 4.90 Å². The number of hydrogen-bond acceptors (Lipinski definition) is 5. The van der Waals surface area contributed by atoms with Crippen LogP contribution in [0.5, 0.6) is 0 Å². The van der Waals surface area contributed by atoms with Gasteiger partial charge in [-0.15, -0.1) is 0 Å². The van der Waals surface area contributed by atoms with Crippen molar-refractivity contribution in [3.63, 3.8) is 0 Å². The molecule has 8 heteroatoms. The van der Waals surface area contributed by atoms with Crippen LogP contribution >= 0.6 is 11.6 Å². The molecule has 3 rings (SSSR count). The fourth-order valence-corrected chi connectivity index (χ4v) is 3.08. The quantitative estimate of drug-likeness (QED) is 0.883. The minimum Gasteiger partial charge on any atom is -0.369 e. The molecule has 0 spiro atoms. The van der Waals surface area contributed by atoms with E-state index in [2.05, 4.69) is 9.97 Å². The molecule has 1 aromatic rings. The number of hydrogen-bond donors (Lipinski definition) is 1. The lowest BCUT2D eigenvalue weighted by Gasteiger charge is -2.19. The molecule has 0 saturated carbocycles. The summed E-state index contributed by atoms with van der Waals surface area (Å²) in [5.74, 6) is -0.392. The third-order valence-corrected chi connectivity index (χ3v) is 4.48. The van der Waals surface area contributed by atoms with Crippen molar-refractivity contribution >= 4 is 29.4 Å². The average molecular weight is 324 g/mol. The highest BCUT2D eigenvalue weighted by molar-refractivity contribution is 6.33. The second-order valence-electron chi connectivity index (χ2n) is 5.70. The number of nitrogens with two attached hydrogens (primary N) is 1. The van der Waals surface area contributed by atoms with Gasteiger partial charge in [-0.25, -0.2) is 9.97 Å². The molecule has 118 valence electrons. The van der Waals surface area contributed by atoms with Crippen molar-refractivity contribution in [3.8, 4) is 0 Å². The van der Waals surface area contributed by atoms with Gasteiger partial charge >= 0.3 is 0 Å². The van der Waals surface area contributed by atoms with Crippen LogP contribution in [0.3, 0.4) is 0 Å². The Labute approximate surface area is 133 Å². The molecule has 0 aliphatic carbocycles. The van der Waals surface area contributed by atoms with Gasteiger partial charge in [-0.3, -0.25) is 9.59 Å². The van der Waals surface area contributed by atoms with Gasteiger partial charge in [0, 0.05) is 26.2 Å². The molecule has 3 heterocycles. The van der Waals surface area contributed by atoms with Gasteiger partial charge in [-0.2, -0.15) is 0 Å². The topological polar surface area (TPSA) is 92.4 Å². The smallest absolute Gasteiger partial charge is 0.274 e. The second kappa shape index (κ2) is 6.08. The molecule has 0 aromatic carbocycles. The number of carbonyl (C=O) groups is 2. The second-order valence-corrected chi connectivity index (χ2v) is 6.11. The Morgan fingerprint density at radius 2 is 2.00 bits per heavy atom. The van der Waals surface area contributed by atoms with Crippen LogP contribution in [-0.4, -0.2) is 52.9 Å². The van der Waals surface area contributed by atoms with Crippen LogP contribution in [0.1, 0.15) is 29.8 Å². The Hall–Kier alpha value is -1.89. The SMILES string of the molecule is NC(=O)[C@@H]1CCN(C(=O)c2nc(N3CCCC3)ncc2Cl)C1.